The molecule has 0 spiro atoms. The number of fused-ring (bicyclic) bond motifs is 1. The van der Waals surface area contributed by atoms with E-state index in [-0.39, 0.29) is 24.8 Å². The molecular weight excluding hydrogens is 402 g/mol. The van der Waals surface area contributed by atoms with Crippen molar-refractivity contribution in [1.82, 2.24) is 30.0 Å². The smallest absolute Gasteiger partial charge is 0.328 e. The van der Waals surface area contributed by atoms with Crippen molar-refractivity contribution in [2.75, 3.05) is 31.6 Å². The lowest BCUT2D eigenvalue weighted by atomic mass is 10.2. The fourth-order valence-electron chi connectivity index (χ4n) is 3.38. The number of nitrogens with zero attached hydrogens (tertiary/aromatic N) is 5. The summed E-state index contributed by atoms with van der Waals surface area (Å²) in [6.45, 7) is 5.84. The summed E-state index contributed by atoms with van der Waals surface area (Å²) < 4.78 is 6.49. The summed E-state index contributed by atoms with van der Waals surface area (Å²) in [6.07, 6.45) is 2.91. The van der Waals surface area contributed by atoms with Gasteiger partial charge in [-0.3, -0.25) is 9.59 Å². The van der Waals surface area contributed by atoms with Gasteiger partial charge >= 0.3 is 5.97 Å². The quantitative estimate of drug-likeness (QED) is 0.390. The third-order valence-corrected chi connectivity index (χ3v) is 5.00. The summed E-state index contributed by atoms with van der Waals surface area (Å²) in [5.41, 5.74) is 0.587. The Hall–Kier alpha value is -3.24. The minimum atomic E-state index is -0.702. The first-order valence-corrected chi connectivity index (χ1v) is 10.7. The largest absolute Gasteiger partial charge is 0.464 e. The summed E-state index contributed by atoms with van der Waals surface area (Å²) in [6, 6.07) is 2.92. The third kappa shape index (κ3) is 6.12. The first kappa shape index (κ1) is 22.4. The normalized spacial score (nSPS) is 14.6. The fourth-order valence-corrected chi connectivity index (χ4v) is 3.38. The maximum atomic E-state index is 12.1. The highest BCUT2D eigenvalue weighted by Crippen LogP contribution is 2.11. The van der Waals surface area contributed by atoms with Gasteiger partial charge in [0, 0.05) is 38.9 Å². The predicted octanol–water partition coefficient (Wildman–Crippen LogP) is 0.549. The molecule has 2 N–H and O–H groups in total. The molecule has 1 fully saturated rings. The van der Waals surface area contributed by atoms with Gasteiger partial charge in [0.05, 0.1) is 6.61 Å². The summed E-state index contributed by atoms with van der Waals surface area (Å²) in [4.78, 5) is 37.3. The maximum Gasteiger partial charge on any atom is 0.328 e. The van der Waals surface area contributed by atoms with E-state index in [1.165, 1.54) is 0 Å². The van der Waals surface area contributed by atoms with Gasteiger partial charge in [0.2, 0.25) is 11.8 Å². The molecule has 0 aliphatic carbocycles. The van der Waals surface area contributed by atoms with E-state index in [9.17, 15) is 14.4 Å². The molecule has 2 aromatic rings. The summed E-state index contributed by atoms with van der Waals surface area (Å²) >= 11 is 0. The van der Waals surface area contributed by atoms with Crippen LogP contribution in [0.5, 0.6) is 0 Å². The Morgan fingerprint density at radius 1 is 1.29 bits per heavy atom. The number of carbonyl (C=O) groups excluding carboxylic acids is 3. The summed E-state index contributed by atoms with van der Waals surface area (Å²) in [7, 11) is 0. The van der Waals surface area contributed by atoms with Crippen LogP contribution >= 0.6 is 0 Å². The molecule has 1 atom stereocenters. The van der Waals surface area contributed by atoms with Gasteiger partial charge in [0.15, 0.2) is 11.5 Å². The number of esters is 1. The Kier molecular flexibility index (Phi) is 7.74. The zero-order valence-corrected chi connectivity index (χ0v) is 18.0. The van der Waals surface area contributed by atoms with E-state index in [1.54, 1.807) is 24.4 Å². The van der Waals surface area contributed by atoms with Crippen molar-refractivity contribution in [3.63, 3.8) is 0 Å². The zero-order chi connectivity index (χ0) is 22.2. The summed E-state index contributed by atoms with van der Waals surface area (Å²) in [5, 5.41) is 18.6. The number of aryl methyl sites for hydroxylation is 1. The van der Waals surface area contributed by atoms with Gasteiger partial charge in [0.25, 0.3) is 0 Å². The molecule has 11 heteroatoms. The van der Waals surface area contributed by atoms with Crippen molar-refractivity contribution in [1.29, 1.82) is 0 Å². The number of hydrogen-bond donors (Lipinski definition) is 2. The molecule has 3 rings (SSSR count). The Morgan fingerprint density at radius 2 is 2.13 bits per heavy atom. The van der Waals surface area contributed by atoms with E-state index in [1.807, 2.05) is 11.0 Å². The molecule has 0 aromatic carbocycles. The first-order chi connectivity index (χ1) is 15.0. The molecule has 0 bridgehead atoms. The van der Waals surface area contributed by atoms with E-state index in [4.69, 9.17) is 4.74 Å². The Labute approximate surface area is 180 Å². The van der Waals surface area contributed by atoms with Crippen molar-refractivity contribution in [3.8, 4) is 0 Å². The highest BCUT2D eigenvalue weighted by atomic mass is 16.5. The summed E-state index contributed by atoms with van der Waals surface area (Å²) in [5.74, 6) is 0.717. The Bertz CT molecular complexity index is 929. The van der Waals surface area contributed by atoms with Gasteiger partial charge in [-0.2, -0.15) is 4.52 Å². The highest BCUT2D eigenvalue weighted by Gasteiger charge is 2.19. The maximum absolute atomic E-state index is 12.1. The minimum absolute atomic E-state index is 0.147. The van der Waals surface area contributed by atoms with Crippen LogP contribution in [0.25, 0.3) is 5.65 Å². The van der Waals surface area contributed by atoms with Gasteiger partial charge in [-0.05, 0) is 38.8 Å². The number of ether oxygens (including phenoxy) is 1. The molecule has 2 aromatic heterocycles. The van der Waals surface area contributed by atoms with Crippen molar-refractivity contribution in [2.24, 2.45) is 0 Å². The van der Waals surface area contributed by atoms with Crippen LogP contribution in [0.4, 0.5) is 5.82 Å². The average Bonchev–Trinajstić information content (AvgIpc) is 3.35. The van der Waals surface area contributed by atoms with Crippen molar-refractivity contribution >= 4 is 29.2 Å². The van der Waals surface area contributed by atoms with Crippen LogP contribution < -0.4 is 10.6 Å². The van der Waals surface area contributed by atoms with E-state index in [2.05, 4.69) is 25.9 Å². The zero-order valence-electron chi connectivity index (χ0n) is 18.0. The van der Waals surface area contributed by atoms with Gasteiger partial charge in [0.1, 0.15) is 11.9 Å². The number of anilines is 1. The van der Waals surface area contributed by atoms with Crippen LogP contribution in [0.2, 0.25) is 0 Å². The molecule has 1 aliphatic rings. The minimum Gasteiger partial charge on any atom is -0.464 e. The monoisotopic (exact) mass is 431 g/mol. The number of nitrogens with one attached hydrogen (secondary N) is 2. The van der Waals surface area contributed by atoms with Gasteiger partial charge in [-0.15, -0.1) is 15.3 Å². The lowest BCUT2D eigenvalue weighted by Crippen LogP contribution is -2.39. The van der Waals surface area contributed by atoms with Gasteiger partial charge in [-0.1, -0.05) is 0 Å². The van der Waals surface area contributed by atoms with Crippen LogP contribution in [0.3, 0.4) is 0 Å². The second-order valence-electron chi connectivity index (χ2n) is 7.41. The van der Waals surface area contributed by atoms with Gasteiger partial charge in [-0.25, -0.2) is 4.79 Å². The van der Waals surface area contributed by atoms with Crippen LogP contribution in [-0.4, -0.2) is 74.8 Å². The predicted molar refractivity (Wildman–Crippen MR) is 112 cm³/mol. The second-order valence-corrected chi connectivity index (χ2v) is 7.41. The number of aromatic nitrogens is 4. The number of carbonyl (C=O) groups is 3. The van der Waals surface area contributed by atoms with Crippen molar-refractivity contribution < 1.29 is 19.1 Å². The van der Waals surface area contributed by atoms with E-state index >= 15 is 0 Å². The van der Waals surface area contributed by atoms with Crippen LogP contribution in [0, 0.1) is 0 Å². The first-order valence-electron chi connectivity index (χ1n) is 10.7. The average molecular weight is 431 g/mol. The van der Waals surface area contributed by atoms with Crippen molar-refractivity contribution in [2.45, 2.75) is 52.0 Å². The molecular formula is C20H29N7O4. The lowest BCUT2D eigenvalue weighted by molar-refractivity contribution is -0.146. The molecule has 0 saturated carbocycles. The van der Waals surface area contributed by atoms with Crippen LogP contribution in [0.1, 0.15) is 45.4 Å². The number of likely N-dealkylation sites (tertiary alicyclic amines) is 1. The molecule has 2 amide bonds. The topological polar surface area (TPSA) is 131 Å². The molecule has 11 nitrogen and oxygen atoms in total. The Morgan fingerprint density at radius 3 is 2.87 bits per heavy atom. The SMILES string of the molecule is CCOC(=O)C(C)NC(=O)CCc1nnc2ccc(NCCCN3CCCC3=O)nn12. The second kappa shape index (κ2) is 10.7. The van der Waals surface area contributed by atoms with E-state index < -0.39 is 12.0 Å². The number of hydrogen-bond acceptors (Lipinski definition) is 8. The van der Waals surface area contributed by atoms with Gasteiger partial charge < -0.3 is 20.3 Å². The molecule has 168 valence electrons. The van der Waals surface area contributed by atoms with Crippen molar-refractivity contribution in [3.05, 3.63) is 18.0 Å². The molecule has 1 unspecified atom stereocenters. The fraction of sp³-hybridized carbons (Fsp3) is 0.600. The molecule has 1 aliphatic heterocycles. The molecule has 1 saturated heterocycles. The molecule has 0 radical (unpaired) electrons. The number of rotatable bonds is 11. The third-order valence-electron chi connectivity index (χ3n) is 5.00. The highest BCUT2D eigenvalue weighted by molar-refractivity contribution is 5.84. The van der Waals surface area contributed by atoms with E-state index in [0.717, 1.165) is 25.9 Å². The van der Waals surface area contributed by atoms with E-state index in [0.29, 0.717) is 36.7 Å². The standard InChI is InChI=1S/C20H29N7O4/c1-3-31-20(30)14(2)22-18(28)10-9-17-24-23-16-8-7-15(25-27(16)17)21-11-5-13-26-12-4-6-19(26)29/h7-8,14H,3-6,9-13H2,1-2H3,(H,21,25)(H,22,28). The molecule has 31 heavy (non-hydrogen) atoms. The number of amides is 2. The van der Waals surface area contributed by atoms with Crippen LogP contribution in [-0.2, 0) is 25.5 Å². The molecule has 3 heterocycles. The van der Waals surface area contributed by atoms with Crippen LogP contribution in [0.15, 0.2) is 12.1 Å². The lowest BCUT2D eigenvalue weighted by Gasteiger charge is -2.15. The Balaban J connectivity index is 1.49.